The largest absolute Gasteiger partial charge is 0.356 e. The van der Waals surface area contributed by atoms with Crippen LogP contribution in [-0.4, -0.2) is 43.6 Å². The van der Waals surface area contributed by atoms with Crippen molar-refractivity contribution in [2.75, 3.05) is 18.0 Å². The summed E-state index contributed by atoms with van der Waals surface area (Å²) in [6.07, 6.45) is 6.10. The number of carbonyl (C=O) groups is 1. The van der Waals surface area contributed by atoms with Crippen LogP contribution in [0.5, 0.6) is 0 Å². The molecule has 1 saturated heterocycles. The van der Waals surface area contributed by atoms with Crippen LogP contribution in [0.1, 0.15) is 58.1 Å². The number of nitrogens with zero attached hydrogens (tertiary/aromatic N) is 4. The van der Waals surface area contributed by atoms with E-state index in [0.29, 0.717) is 26.3 Å². The maximum Gasteiger partial charge on any atom is 0.267 e. The van der Waals surface area contributed by atoms with Crippen molar-refractivity contribution in [1.29, 1.82) is 0 Å². The van der Waals surface area contributed by atoms with Crippen LogP contribution in [0, 0.1) is 6.92 Å². The third-order valence-electron chi connectivity index (χ3n) is 5.48. The molecule has 0 spiro atoms. The minimum absolute atomic E-state index is 0.0213. The van der Waals surface area contributed by atoms with Crippen LogP contribution in [0.3, 0.4) is 0 Å². The fourth-order valence-corrected chi connectivity index (χ4v) is 5.15. The average Bonchev–Trinajstić information content (AvgIpc) is 3.02. The van der Waals surface area contributed by atoms with Gasteiger partial charge >= 0.3 is 0 Å². The Morgan fingerprint density at radius 3 is 2.52 bits per heavy atom. The van der Waals surface area contributed by atoms with Crippen LogP contribution < -0.4 is 10.5 Å². The minimum Gasteiger partial charge on any atom is -0.356 e. The normalized spacial score (nSPS) is 16.5. The second kappa shape index (κ2) is 9.96. The van der Waals surface area contributed by atoms with Gasteiger partial charge in [-0.3, -0.25) is 18.9 Å². The van der Waals surface area contributed by atoms with Crippen LogP contribution in [-0.2, 0) is 4.79 Å². The number of amides is 1. The topological polar surface area (TPSA) is 57.9 Å². The van der Waals surface area contributed by atoms with E-state index in [1.54, 1.807) is 21.6 Å². The first kappa shape index (κ1) is 23.5. The minimum atomic E-state index is -0.172. The Labute approximate surface area is 193 Å². The average molecular weight is 459 g/mol. The van der Waals surface area contributed by atoms with E-state index < -0.39 is 0 Å². The summed E-state index contributed by atoms with van der Waals surface area (Å²) in [5, 5.41) is 0. The highest BCUT2D eigenvalue weighted by molar-refractivity contribution is 8.26. The summed E-state index contributed by atoms with van der Waals surface area (Å²) >= 11 is 6.72. The van der Waals surface area contributed by atoms with Gasteiger partial charge in [-0.2, -0.15) is 0 Å². The summed E-state index contributed by atoms with van der Waals surface area (Å²) in [6.45, 7) is 11.8. The first-order valence-electron chi connectivity index (χ1n) is 10.9. The van der Waals surface area contributed by atoms with Gasteiger partial charge in [0.1, 0.15) is 15.8 Å². The fraction of sp³-hybridized carbons (Fsp3) is 0.478. The van der Waals surface area contributed by atoms with E-state index in [1.165, 1.54) is 11.8 Å². The molecule has 0 radical (unpaired) electrons. The van der Waals surface area contributed by atoms with Crippen molar-refractivity contribution in [2.24, 2.45) is 0 Å². The van der Waals surface area contributed by atoms with Crippen LogP contribution in [0.25, 0.3) is 11.7 Å². The van der Waals surface area contributed by atoms with E-state index in [1.807, 2.05) is 32.9 Å². The van der Waals surface area contributed by atoms with Crippen molar-refractivity contribution in [2.45, 2.75) is 59.9 Å². The number of rotatable bonds is 8. The summed E-state index contributed by atoms with van der Waals surface area (Å²) in [4.78, 5) is 35.8. The molecule has 1 aliphatic rings. The Morgan fingerprint density at radius 1 is 1.23 bits per heavy atom. The molecule has 2 aromatic rings. The number of aromatic nitrogens is 2. The molecule has 31 heavy (non-hydrogen) atoms. The lowest BCUT2D eigenvalue weighted by Crippen LogP contribution is -2.36. The molecule has 0 bridgehead atoms. The van der Waals surface area contributed by atoms with E-state index >= 15 is 0 Å². The predicted octanol–water partition coefficient (Wildman–Crippen LogP) is 4.63. The fourth-order valence-electron chi connectivity index (χ4n) is 3.70. The molecule has 2 aromatic heterocycles. The van der Waals surface area contributed by atoms with Gasteiger partial charge in [0, 0.05) is 25.3 Å². The number of hydrogen-bond donors (Lipinski definition) is 0. The highest BCUT2D eigenvalue weighted by atomic mass is 32.2. The molecule has 1 amide bonds. The van der Waals surface area contributed by atoms with Gasteiger partial charge in [0.2, 0.25) is 0 Å². The van der Waals surface area contributed by atoms with E-state index in [-0.39, 0.29) is 17.5 Å². The maximum atomic E-state index is 13.5. The molecule has 1 fully saturated rings. The standard InChI is InChI=1S/C23H30N4O2S2/c1-6-11-25(12-7-2)20-17(21(28)26-13-9-10-15(4)19(26)24-20)14-18-22(29)27(16(5)8-3)23(30)31-18/h9-10,13-14,16H,6-8,11-12H2,1-5H3/b18-14-/t16-/m0/s1. The van der Waals surface area contributed by atoms with Crippen molar-refractivity contribution in [1.82, 2.24) is 14.3 Å². The molecule has 0 aliphatic carbocycles. The molecule has 0 N–H and O–H groups in total. The second-order valence-corrected chi connectivity index (χ2v) is 9.51. The maximum absolute atomic E-state index is 13.5. The summed E-state index contributed by atoms with van der Waals surface area (Å²) in [5.41, 5.74) is 1.84. The van der Waals surface area contributed by atoms with Crippen molar-refractivity contribution in [3.63, 3.8) is 0 Å². The van der Waals surface area contributed by atoms with Crippen LogP contribution in [0.4, 0.5) is 5.82 Å². The molecule has 6 nitrogen and oxygen atoms in total. The van der Waals surface area contributed by atoms with Crippen LogP contribution >= 0.6 is 24.0 Å². The molecular formula is C23H30N4O2S2. The number of anilines is 1. The number of fused-ring (bicyclic) bond motifs is 1. The Bertz CT molecular complexity index is 1090. The first-order valence-corrected chi connectivity index (χ1v) is 12.1. The van der Waals surface area contributed by atoms with Gasteiger partial charge in [0.25, 0.3) is 11.5 Å². The lowest BCUT2D eigenvalue weighted by Gasteiger charge is -2.25. The van der Waals surface area contributed by atoms with Gasteiger partial charge in [0.15, 0.2) is 0 Å². The number of carbonyl (C=O) groups excluding carboxylic acids is 1. The smallest absolute Gasteiger partial charge is 0.267 e. The zero-order valence-electron chi connectivity index (χ0n) is 18.8. The van der Waals surface area contributed by atoms with Crippen molar-refractivity contribution < 1.29 is 4.79 Å². The Balaban J connectivity index is 2.23. The number of pyridine rings is 1. The summed E-state index contributed by atoms with van der Waals surface area (Å²) in [7, 11) is 0. The van der Waals surface area contributed by atoms with Gasteiger partial charge in [-0.15, -0.1) is 0 Å². The molecule has 0 saturated carbocycles. The first-order chi connectivity index (χ1) is 14.8. The Hall–Kier alpha value is -2.19. The number of thiocarbonyl (C=S) groups is 1. The lowest BCUT2D eigenvalue weighted by atomic mass is 10.2. The molecule has 1 aliphatic heterocycles. The van der Waals surface area contributed by atoms with Crippen molar-refractivity contribution in [3.8, 4) is 0 Å². The summed E-state index contributed by atoms with van der Waals surface area (Å²) in [5.74, 6) is 0.499. The zero-order valence-corrected chi connectivity index (χ0v) is 20.5. The molecule has 8 heteroatoms. The summed E-state index contributed by atoms with van der Waals surface area (Å²) in [6, 6.07) is 3.81. The van der Waals surface area contributed by atoms with Gasteiger partial charge in [-0.05, 0) is 50.8 Å². The highest BCUT2D eigenvalue weighted by Crippen LogP contribution is 2.35. The van der Waals surface area contributed by atoms with E-state index in [9.17, 15) is 9.59 Å². The summed E-state index contributed by atoms with van der Waals surface area (Å²) < 4.78 is 2.10. The molecule has 1 atom stereocenters. The Morgan fingerprint density at radius 2 is 1.90 bits per heavy atom. The Kier molecular flexibility index (Phi) is 7.54. The molecular weight excluding hydrogens is 428 g/mol. The van der Waals surface area contributed by atoms with Crippen LogP contribution in [0.15, 0.2) is 28.0 Å². The third kappa shape index (κ3) is 4.55. The predicted molar refractivity (Wildman–Crippen MR) is 134 cm³/mol. The zero-order chi connectivity index (χ0) is 22.7. The number of hydrogen-bond acceptors (Lipinski definition) is 6. The van der Waals surface area contributed by atoms with Gasteiger partial charge in [0.05, 0.1) is 10.5 Å². The van der Waals surface area contributed by atoms with Gasteiger partial charge < -0.3 is 4.90 Å². The van der Waals surface area contributed by atoms with E-state index in [2.05, 4.69) is 18.7 Å². The molecule has 3 rings (SSSR count). The van der Waals surface area contributed by atoms with Gasteiger partial charge in [-0.25, -0.2) is 4.98 Å². The molecule has 0 aromatic carbocycles. The van der Waals surface area contributed by atoms with Gasteiger partial charge in [-0.1, -0.05) is 50.8 Å². The van der Waals surface area contributed by atoms with Crippen LogP contribution in [0.2, 0.25) is 0 Å². The lowest BCUT2D eigenvalue weighted by molar-refractivity contribution is -0.123. The van der Waals surface area contributed by atoms with Crippen molar-refractivity contribution in [3.05, 3.63) is 44.7 Å². The molecule has 3 heterocycles. The quantitative estimate of drug-likeness (QED) is 0.425. The van der Waals surface area contributed by atoms with Crippen molar-refractivity contribution >= 4 is 51.7 Å². The SMILES string of the molecule is CCCN(CCC)c1nc2c(C)cccn2c(=O)c1/C=C1\SC(=S)N([C@@H](C)CC)C1=O. The highest BCUT2D eigenvalue weighted by Gasteiger charge is 2.35. The number of thioether (sulfide) groups is 1. The van der Waals surface area contributed by atoms with E-state index in [4.69, 9.17) is 17.2 Å². The second-order valence-electron chi connectivity index (χ2n) is 7.84. The monoisotopic (exact) mass is 458 g/mol. The molecule has 0 unspecified atom stereocenters. The molecule has 166 valence electrons. The number of aryl methyl sites for hydroxylation is 1. The van der Waals surface area contributed by atoms with E-state index in [0.717, 1.165) is 37.9 Å². The third-order valence-corrected chi connectivity index (χ3v) is 6.81.